The topological polar surface area (TPSA) is 88.5 Å². The highest BCUT2D eigenvalue weighted by molar-refractivity contribution is 7.14. The van der Waals surface area contributed by atoms with Crippen molar-refractivity contribution >= 4 is 34.4 Å². The largest absolute Gasteiger partial charge is 0.478 e. The highest BCUT2D eigenvalue weighted by Gasteiger charge is 2.29. The van der Waals surface area contributed by atoms with E-state index < -0.39 is 34.9 Å². The van der Waals surface area contributed by atoms with Gasteiger partial charge in [0.05, 0.1) is 11.8 Å². The molecule has 0 spiro atoms. The van der Waals surface area contributed by atoms with Gasteiger partial charge in [-0.05, 0) is 56.4 Å². The molecule has 0 bridgehead atoms. The van der Waals surface area contributed by atoms with E-state index in [0.29, 0.717) is 17.9 Å². The molecule has 0 aliphatic heterocycles. The average Bonchev–Trinajstić information content (AvgIpc) is 3.40. The Morgan fingerprint density at radius 2 is 1.88 bits per heavy atom. The first-order chi connectivity index (χ1) is 19.2. The minimum atomic E-state index is -1.32. The highest BCUT2D eigenvalue weighted by atomic mass is 32.1. The predicted molar refractivity (Wildman–Crippen MR) is 149 cm³/mol. The smallest absolute Gasteiger partial charge is 0.331 e. The van der Waals surface area contributed by atoms with Gasteiger partial charge < -0.3 is 9.84 Å². The number of thiazole rings is 1. The Morgan fingerprint density at radius 3 is 2.52 bits per heavy atom. The predicted octanol–water partition coefficient (Wildman–Crippen LogP) is 8.02. The second-order valence-electron chi connectivity index (χ2n) is 9.88. The minimum absolute atomic E-state index is 0.127. The Bertz CT molecular complexity index is 1390. The molecular formula is C30H31F3N2O4S. The van der Waals surface area contributed by atoms with Gasteiger partial charge in [0.15, 0.2) is 5.13 Å². The number of aliphatic carboxylic acids is 1. The van der Waals surface area contributed by atoms with Gasteiger partial charge in [-0.1, -0.05) is 38.3 Å². The lowest BCUT2D eigenvalue weighted by Gasteiger charge is -2.31. The molecule has 2 N–H and O–H groups in total. The van der Waals surface area contributed by atoms with Crippen molar-refractivity contribution in [3.8, 4) is 11.3 Å². The van der Waals surface area contributed by atoms with E-state index in [4.69, 9.17) is 9.84 Å². The van der Waals surface area contributed by atoms with Crippen LogP contribution >= 0.6 is 11.3 Å². The zero-order chi connectivity index (χ0) is 28.8. The van der Waals surface area contributed by atoms with Gasteiger partial charge in [-0.3, -0.25) is 10.1 Å². The standard InChI is InChI=1S/C30H31F3N2O4S/c1-3-12-39-27(18-8-5-4-6-9-18)21-11-7-10-20(26(21)33)25-16-40-30(34-25)35-28(36)19-14-23(31)22(24(32)15-19)13-17(2)29(37)38/h7,10-11,13-16,18,27H,3-6,8-9,12H2,1-2H3,(H,37,38)(H,34,35,36)/b17-13+. The molecule has 0 radical (unpaired) electrons. The Morgan fingerprint density at radius 1 is 1.18 bits per heavy atom. The number of carboxylic acid groups (broad SMARTS) is 1. The third-order valence-corrected chi connectivity index (χ3v) is 7.71. The van der Waals surface area contributed by atoms with E-state index in [1.807, 2.05) is 6.92 Å². The first-order valence-corrected chi connectivity index (χ1v) is 14.2. The molecule has 40 heavy (non-hydrogen) atoms. The normalized spacial score (nSPS) is 15.2. The molecule has 1 heterocycles. The van der Waals surface area contributed by atoms with E-state index in [2.05, 4.69) is 10.3 Å². The molecule has 4 rings (SSSR count). The summed E-state index contributed by atoms with van der Waals surface area (Å²) >= 11 is 1.05. The number of carbonyl (C=O) groups is 2. The number of benzene rings is 2. The van der Waals surface area contributed by atoms with E-state index in [0.717, 1.165) is 61.6 Å². The molecule has 3 aromatic rings. The van der Waals surface area contributed by atoms with Crippen LogP contribution in [0.1, 0.15) is 80.0 Å². The summed E-state index contributed by atoms with van der Waals surface area (Å²) in [7, 11) is 0. The summed E-state index contributed by atoms with van der Waals surface area (Å²) in [4.78, 5) is 28.0. The number of nitrogens with one attached hydrogen (secondary N) is 1. The van der Waals surface area contributed by atoms with Crippen LogP contribution < -0.4 is 5.32 Å². The SMILES string of the molecule is CCCOC(c1cccc(-c2csc(NC(=O)c3cc(F)c(/C=C(\C)C(=O)O)c(F)c3)n2)c1F)C1CCCCC1. The van der Waals surface area contributed by atoms with Crippen LogP contribution in [0.15, 0.2) is 41.3 Å². The van der Waals surface area contributed by atoms with Gasteiger partial charge in [0.1, 0.15) is 17.5 Å². The van der Waals surface area contributed by atoms with Gasteiger partial charge in [-0.25, -0.2) is 22.9 Å². The summed E-state index contributed by atoms with van der Waals surface area (Å²) in [6.45, 7) is 3.76. The van der Waals surface area contributed by atoms with Crippen LogP contribution in [0.4, 0.5) is 18.3 Å². The second-order valence-corrected chi connectivity index (χ2v) is 10.7. The fraction of sp³-hybridized carbons (Fsp3) is 0.367. The van der Waals surface area contributed by atoms with Crippen LogP contribution in [0, 0.1) is 23.4 Å². The number of nitrogens with zero attached hydrogens (tertiary/aromatic N) is 1. The lowest BCUT2D eigenvalue weighted by Crippen LogP contribution is -2.21. The number of aromatic nitrogens is 1. The third kappa shape index (κ3) is 6.79. The Balaban J connectivity index is 1.55. The molecule has 6 nitrogen and oxygen atoms in total. The molecule has 10 heteroatoms. The molecular weight excluding hydrogens is 541 g/mol. The van der Waals surface area contributed by atoms with Crippen LogP contribution in [0.5, 0.6) is 0 Å². The van der Waals surface area contributed by atoms with E-state index in [-0.39, 0.29) is 33.9 Å². The summed E-state index contributed by atoms with van der Waals surface area (Å²) in [6.07, 6.45) is 6.69. The van der Waals surface area contributed by atoms with Crippen molar-refractivity contribution in [1.82, 2.24) is 4.98 Å². The molecule has 1 aliphatic carbocycles. The van der Waals surface area contributed by atoms with Crippen molar-refractivity contribution in [3.05, 3.63) is 75.4 Å². The summed E-state index contributed by atoms with van der Waals surface area (Å²) in [5, 5.41) is 13.2. The lowest BCUT2D eigenvalue weighted by atomic mass is 9.82. The van der Waals surface area contributed by atoms with Gasteiger partial charge in [0, 0.05) is 39.8 Å². The molecule has 1 fully saturated rings. The van der Waals surface area contributed by atoms with Gasteiger partial charge in [-0.15, -0.1) is 11.3 Å². The molecule has 1 aliphatic rings. The number of ether oxygens (including phenoxy) is 1. The molecule has 2 aromatic carbocycles. The Labute approximate surface area is 234 Å². The molecule has 0 saturated heterocycles. The Kier molecular flexibility index (Phi) is 9.76. The zero-order valence-electron chi connectivity index (χ0n) is 22.3. The van der Waals surface area contributed by atoms with Crippen molar-refractivity contribution in [2.75, 3.05) is 11.9 Å². The molecule has 1 aromatic heterocycles. The number of halogens is 3. The second kappa shape index (κ2) is 13.2. The lowest BCUT2D eigenvalue weighted by molar-refractivity contribution is -0.132. The number of rotatable bonds is 10. The quantitative estimate of drug-likeness (QED) is 0.240. The van der Waals surface area contributed by atoms with Crippen molar-refractivity contribution in [1.29, 1.82) is 0 Å². The van der Waals surface area contributed by atoms with Gasteiger partial charge in [-0.2, -0.15) is 0 Å². The molecule has 1 unspecified atom stereocenters. The Hall–Kier alpha value is -3.50. The average molecular weight is 573 g/mol. The molecule has 1 atom stereocenters. The molecule has 1 saturated carbocycles. The zero-order valence-corrected chi connectivity index (χ0v) is 23.1. The van der Waals surface area contributed by atoms with E-state index in [9.17, 15) is 18.4 Å². The minimum Gasteiger partial charge on any atom is -0.478 e. The van der Waals surface area contributed by atoms with Gasteiger partial charge >= 0.3 is 5.97 Å². The first-order valence-electron chi connectivity index (χ1n) is 13.3. The van der Waals surface area contributed by atoms with Crippen molar-refractivity contribution in [3.63, 3.8) is 0 Å². The maximum absolute atomic E-state index is 15.9. The number of carbonyl (C=O) groups excluding carboxylic acids is 1. The van der Waals surface area contributed by atoms with Gasteiger partial charge in [0.2, 0.25) is 0 Å². The maximum atomic E-state index is 15.9. The molecule has 1 amide bonds. The number of amides is 1. The van der Waals surface area contributed by atoms with Crippen molar-refractivity contribution in [2.45, 2.75) is 58.5 Å². The van der Waals surface area contributed by atoms with Crippen LogP contribution in [-0.2, 0) is 9.53 Å². The fourth-order valence-corrected chi connectivity index (χ4v) is 5.59. The van der Waals surface area contributed by atoms with Crippen molar-refractivity contribution < 1.29 is 32.6 Å². The summed E-state index contributed by atoms with van der Waals surface area (Å²) in [5.74, 6) is -4.47. The van der Waals surface area contributed by atoms with Crippen LogP contribution in [-0.4, -0.2) is 28.6 Å². The van der Waals surface area contributed by atoms with Crippen LogP contribution in [0.2, 0.25) is 0 Å². The van der Waals surface area contributed by atoms with Crippen LogP contribution in [0.25, 0.3) is 17.3 Å². The summed E-state index contributed by atoms with van der Waals surface area (Å²) in [5.41, 5.74) is -0.0405. The monoisotopic (exact) mass is 572 g/mol. The number of hydrogen-bond donors (Lipinski definition) is 2. The molecule has 212 valence electrons. The summed E-state index contributed by atoms with van der Waals surface area (Å²) in [6, 6.07) is 6.78. The number of anilines is 1. The maximum Gasteiger partial charge on any atom is 0.331 e. The first kappa shape index (κ1) is 29.5. The number of carboxylic acids is 1. The van der Waals surface area contributed by atoms with Gasteiger partial charge in [0.25, 0.3) is 5.91 Å². The van der Waals surface area contributed by atoms with E-state index >= 15 is 4.39 Å². The van der Waals surface area contributed by atoms with Crippen LogP contribution in [0.3, 0.4) is 0 Å². The van der Waals surface area contributed by atoms with Crippen molar-refractivity contribution in [2.24, 2.45) is 5.92 Å². The fourth-order valence-electron chi connectivity index (χ4n) is 4.88. The number of hydrogen-bond acceptors (Lipinski definition) is 5. The van der Waals surface area contributed by atoms with E-state index in [1.54, 1.807) is 23.6 Å². The third-order valence-electron chi connectivity index (χ3n) is 6.95. The summed E-state index contributed by atoms with van der Waals surface area (Å²) < 4.78 is 51.0. The highest BCUT2D eigenvalue weighted by Crippen LogP contribution is 2.40. The van der Waals surface area contributed by atoms with E-state index in [1.165, 1.54) is 13.3 Å².